The number of fused-ring (bicyclic) bond motifs is 1. The Bertz CT molecular complexity index is 822. The van der Waals surface area contributed by atoms with E-state index in [1.807, 2.05) is 26.0 Å². The van der Waals surface area contributed by atoms with Gasteiger partial charge in [0.25, 0.3) is 5.91 Å². The zero-order valence-corrected chi connectivity index (χ0v) is 11.1. The summed E-state index contributed by atoms with van der Waals surface area (Å²) in [6.45, 7) is 3.78. The minimum atomic E-state index is -0.525. The molecule has 0 radical (unpaired) electrons. The molecule has 0 aliphatic carbocycles. The second-order valence-electron chi connectivity index (χ2n) is 4.56. The van der Waals surface area contributed by atoms with E-state index in [2.05, 4.69) is 19.9 Å². The molecule has 0 aliphatic heterocycles. The normalized spacial score (nSPS) is 10.9. The summed E-state index contributed by atoms with van der Waals surface area (Å²) in [5.41, 5.74) is 9.97. The molecule has 3 N–H and O–H groups in total. The monoisotopic (exact) mass is 267 g/mol. The van der Waals surface area contributed by atoms with Crippen molar-refractivity contribution in [1.29, 1.82) is 0 Å². The molecule has 6 heteroatoms. The second kappa shape index (κ2) is 4.41. The summed E-state index contributed by atoms with van der Waals surface area (Å²) in [7, 11) is 0. The lowest BCUT2D eigenvalue weighted by Crippen LogP contribution is -2.10. The molecule has 6 nitrogen and oxygen atoms in total. The third-order valence-corrected chi connectivity index (χ3v) is 3.21. The van der Waals surface area contributed by atoms with E-state index in [9.17, 15) is 4.79 Å². The third kappa shape index (κ3) is 1.82. The van der Waals surface area contributed by atoms with Gasteiger partial charge in [0.05, 0.1) is 17.0 Å². The van der Waals surface area contributed by atoms with E-state index in [1.54, 1.807) is 6.20 Å². The number of aromatic nitrogens is 4. The molecule has 0 aromatic carbocycles. The average molecular weight is 267 g/mol. The first-order chi connectivity index (χ1) is 9.58. The van der Waals surface area contributed by atoms with Gasteiger partial charge in [-0.05, 0) is 26.0 Å². The second-order valence-corrected chi connectivity index (χ2v) is 4.56. The molecule has 1 amide bonds. The van der Waals surface area contributed by atoms with Crippen LogP contribution < -0.4 is 5.73 Å². The van der Waals surface area contributed by atoms with Gasteiger partial charge in [-0.25, -0.2) is 9.97 Å². The number of amides is 1. The van der Waals surface area contributed by atoms with Crippen molar-refractivity contribution in [2.45, 2.75) is 13.8 Å². The molecule has 3 heterocycles. The first kappa shape index (κ1) is 12.3. The number of nitrogens with zero attached hydrogens (tertiary/aromatic N) is 3. The van der Waals surface area contributed by atoms with Crippen molar-refractivity contribution in [3.8, 4) is 11.3 Å². The predicted molar refractivity (Wildman–Crippen MR) is 75.1 cm³/mol. The fraction of sp³-hybridized carbons (Fsp3) is 0.143. The van der Waals surface area contributed by atoms with E-state index >= 15 is 0 Å². The Hall–Kier alpha value is -2.76. The van der Waals surface area contributed by atoms with Crippen LogP contribution in [0.15, 0.2) is 24.5 Å². The van der Waals surface area contributed by atoms with Crippen LogP contribution in [0.25, 0.3) is 22.4 Å². The van der Waals surface area contributed by atoms with Crippen molar-refractivity contribution in [3.05, 3.63) is 41.5 Å². The third-order valence-electron chi connectivity index (χ3n) is 3.21. The number of primary amides is 1. The molecule has 0 aliphatic rings. The molecule has 100 valence electrons. The number of pyridine rings is 1. The summed E-state index contributed by atoms with van der Waals surface area (Å²) < 4.78 is 0. The van der Waals surface area contributed by atoms with Gasteiger partial charge in [-0.2, -0.15) is 0 Å². The molecule has 3 aromatic rings. The fourth-order valence-electron chi connectivity index (χ4n) is 2.19. The van der Waals surface area contributed by atoms with Gasteiger partial charge in [-0.3, -0.25) is 9.78 Å². The van der Waals surface area contributed by atoms with E-state index in [0.29, 0.717) is 22.4 Å². The topological polar surface area (TPSA) is 97.5 Å². The summed E-state index contributed by atoms with van der Waals surface area (Å²) in [6.07, 6.45) is 3.26. The van der Waals surface area contributed by atoms with Crippen LogP contribution in [0.5, 0.6) is 0 Å². The van der Waals surface area contributed by atoms with Gasteiger partial charge in [0.1, 0.15) is 5.52 Å². The summed E-state index contributed by atoms with van der Waals surface area (Å²) in [5.74, 6) is -0.525. The molecular weight excluding hydrogens is 254 g/mol. The van der Waals surface area contributed by atoms with Crippen LogP contribution >= 0.6 is 0 Å². The molecule has 0 saturated heterocycles. The number of carbonyl (C=O) groups excluding carboxylic acids is 1. The van der Waals surface area contributed by atoms with Gasteiger partial charge in [-0.15, -0.1) is 0 Å². The quantitative estimate of drug-likeness (QED) is 0.738. The highest BCUT2D eigenvalue weighted by Crippen LogP contribution is 2.25. The minimum absolute atomic E-state index is 0.343. The molecule has 3 aromatic heterocycles. The Kier molecular flexibility index (Phi) is 2.71. The number of nitrogens with two attached hydrogens (primary N) is 1. The smallest absolute Gasteiger partial charge is 0.252 e. The van der Waals surface area contributed by atoms with Crippen molar-refractivity contribution < 1.29 is 4.79 Å². The average Bonchev–Trinajstić information content (AvgIpc) is 2.81. The lowest BCUT2D eigenvalue weighted by Gasteiger charge is -2.07. The zero-order chi connectivity index (χ0) is 14.3. The highest BCUT2D eigenvalue weighted by atomic mass is 16.1. The minimum Gasteiger partial charge on any atom is -0.365 e. The highest BCUT2D eigenvalue weighted by molar-refractivity contribution is 6.04. The lowest BCUT2D eigenvalue weighted by molar-refractivity contribution is 0.100. The van der Waals surface area contributed by atoms with Crippen LogP contribution in [0.4, 0.5) is 0 Å². The molecule has 0 unspecified atom stereocenters. The number of hydrogen-bond acceptors (Lipinski definition) is 4. The van der Waals surface area contributed by atoms with E-state index in [-0.39, 0.29) is 0 Å². The Balaban J connectivity index is 2.31. The standard InChI is InChI=1S/C14H13N5O/c1-7-9(4-3-5-16-7)11-8(2)18-14-12(19-11)10(6-17-14)13(15)20/h3-6H,1-2H3,(H2,15,20)(H,17,18). The van der Waals surface area contributed by atoms with Crippen LogP contribution in [0.1, 0.15) is 21.7 Å². The number of aromatic amines is 1. The van der Waals surface area contributed by atoms with Crippen molar-refractivity contribution in [2.75, 3.05) is 0 Å². The van der Waals surface area contributed by atoms with Crippen LogP contribution in [0.3, 0.4) is 0 Å². The number of nitrogens with one attached hydrogen (secondary N) is 1. The van der Waals surface area contributed by atoms with Gasteiger partial charge >= 0.3 is 0 Å². The molecule has 0 atom stereocenters. The first-order valence-corrected chi connectivity index (χ1v) is 6.15. The molecule has 0 spiro atoms. The maximum absolute atomic E-state index is 11.4. The predicted octanol–water partition coefficient (Wildman–Crippen LogP) is 1.74. The number of aryl methyl sites for hydroxylation is 2. The maximum Gasteiger partial charge on any atom is 0.252 e. The highest BCUT2D eigenvalue weighted by Gasteiger charge is 2.16. The van der Waals surface area contributed by atoms with Crippen LogP contribution in [0, 0.1) is 13.8 Å². The van der Waals surface area contributed by atoms with Crippen LogP contribution in [-0.4, -0.2) is 25.8 Å². The molecule has 0 fully saturated rings. The van der Waals surface area contributed by atoms with Crippen molar-refractivity contribution >= 4 is 17.1 Å². The Morgan fingerprint density at radius 3 is 2.75 bits per heavy atom. The Labute approximate surface area is 115 Å². The Morgan fingerprint density at radius 1 is 1.25 bits per heavy atom. The van der Waals surface area contributed by atoms with Gasteiger partial charge in [0.2, 0.25) is 0 Å². The van der Waals surface area contributed by atoms with Gasteiger partial charge in [0, 0.05) is 23.7 Å². The van der Waals surface area contributed by atoms with Gasteiger partial charge in [-0.1, -0.05) is 0 Å². The molecule has 20 heavy (non-hydrogen) atoms. The molecule has 0 bridgehead atoms. The Morgan fingerprint density at radius 2 is 2.05 bits per heavy atom. The van der Waals surface area contributed by atoms with Gasteiger partial charge in [0.15, 0.2) is 5.65 Å². The fourth-order valence-corrected chi connectivity index (χ4v) is 2.19. The van der Waals surface area contributed by atoms with Crippen molar-refractivity contribution in [2.24, 2.45) is 5.73 Å². The maximum atomic E-state index is 11.4. The van der Waals surface area contributed by atoms with Crippen molar-refractivity contribution in [3.63, 3.8) is 0 Å². The molecule has 3 rings (SSSR count). The number of hydrogen-bond donors (Lipinski definition) is 2. The first-order valence-electron chi connectivity index (χ1n) is 6.15. The molecular formula is C14H13N5O. The van der Waals surface area contributed by atoms with E-state index in [4.69, 9.17) is 5.73 Å². The van der Waals surface area contributed by atoms with Crippen LogP contribution in [0.2, 0.25) is 0 Å². The zero-order valence-electron chi connectivity index (χ0n) is 11.1. The lowest BCUT2D eigenvalue weighted by atomic mass is 10.1. The number of H-pyrrole nitrogens is 1. The molecule has 0 saturated carbocycles. The van der Waals surface area contributed by atoms with E-state index < -0.39 is 5.91 Å². The van der Waals surface area contributed by atoms with E-state index in [1.165, 1.54) is 6.20 Å². The number of rotatable bonds is 2. The summed E-state index contributed by atoms with van der Waals surface area (Å²) in [4.78, 5) is 27.6. The van der Waals surface area contributed by atoms with Crippen LogP contribution in [-0.2, 0) is 0 Å². The van der Waals surface area contributed by atoms with Gasteiger partial charge < -0.3 is 10.7 Å². The van der Waals surface area contributed by atoms with E-state index in [0.717, 1.165) is 17.0 Å². The summed E-state index contributed by atoms with van der Waals surface area (Å²) in [5, 5.41) is 0. The largest absolute Gasteiger partial charge is 0.365 e. The summed E-state index contributed by atoms with van der Waals surface area (Å²) in [6, 6.07) is 3.78. The number of carbonyl (C=O) groups is 1. The summed E-state index contributed by atoms with van der Waals surface area (Å²) >= 11 is 0. The SMILES string of the molecule is Cc1ncccc1-c1nc2c(C(N)=O)c[nH]c2nc1C. The van der Waals surface area contributed by atoms with Crippen molar-refractivity contribution in [1.82, 2.24) is 19.9 Å².